The summed E-state index contributed by atoms with van der Waals surface area (Å²) in [4.78, 5) is 25.5. The lowest BCUT2D eigenvalue weighted by molar-refractivity contribution is -0.116. The van der Waals surface area contributed by atoms with E-state index in [2.05, 4.69) is 32.2 Å². The molecule has 2 atom stereocenters. The number of rotatable bonds is 10. The van der Waals surface area contributed by atoms with E-state index in [4.69, 9.17) is 14.2 Å². The summed E-state index contributed by atoms with van der Waals surface area (Å²) in [5.41, 5.74) is 0.117. The van der Waals surface area contributed by atoms with Crippen molar-refractivity contribution in [3.05, 3.63) is 42.6 Å². The molecule has 0 unspecified atom stereocenters. The quantitative estimate of drug-likeness (QED) is 0.382. The summed E-state index contributed by atoms with van der Waals surface area (Å²) in [5, 5.41) is 6.91. The van der Waals surface area contributed by atoms with Crippen LogP contribution < -0.4 is 20.1 Å². The van der Waals surface area contributed by atoms with Crippen molar-refractivity contribution < 1.29 is 27.8 Å². The first kappa shape index (κ1) is 26.2. The molecule has 2 N–H and O–H groups in total. The van der Waals surface area contributed by atoms with Crippen molar-refractivity contribution in [3.63, 3.8) is 0 Å². The van der Waals surface area contributed by atoms with E-state index in [-0.39, 0.29) is 40.5 Å². The predicted molar refractivity (Wildman–Crippen MR) is 136 cm³/mol. The van der Waals surface area contributed by atoms with Gasteiger partial charge in [-0.1, -0.05) is 6.58 Å². The molecule has 1 aliphatic rings. The number of halogens is 2. The van der Waals surface area contributed by atoms with Crippen LogP contribution in [0.3, 0.4) is 0 Å². The lowest BCUT2D eigenvalue weighted by Gasteiger charge is -2.31. The fraction of sp³-hybridized carbons (Fsp3) is 0.385. The second-order valence-corrected chi connectivity index (χ2v) is 8.55. The highest BCUT2D eigenvalue weighted by atomic mass is 19.1. The number of nitrogens with one attached hydrogen (secondary N) is 2. The minimum Gasteiger partial charge on any atom is -0.494 e. The summed E-state index contributed by atoms with van der Waals surface area (Å²) in [6.07, 6.45) is 3.96. The number of aromatic nitrogens is 3. The molecule has 37 heavy (non-hydrogen) atoms. The first-order valence-electron chi connectivity index (χ1n) is 11.9. The molecule has 1 fully saturated rings. The van der Waals surface area contributed by atoms with Crippen molar-refractivity contribution >= 4 is 28.5 Å². The topological polar surface area (TPSA) is 107 Å². The van der Waals surface area contributed by atoms with Gasteiger partial charge in [0.1, 0.15) is 5.52 Å². The lowest BCUT2D eigenvalue weighted by atomic mass is 9.90. The Kier molecular flexibility index (Phi) is 8.12. The molecule has 4 rings (SSSR count). The summed E-state index contributed by atoms with van der Waals surface area (Å²) < 4.78 is 46.1. The third kappa shape index (κ3) is 5.46. The monoisotopic (exact) mass is 513 g/mol. The number of anilines is 2. The SMILES string of the molecule is C=CC(=O)C[C@H]1CCOC[C@H]1Nc1ncc2cc(-c3c(F)c(OC)cc(OC)c3F)nc(NCC)c2n1. The maximum absolute atomic E-state index is 15.2. The molecular formula is C26H29F2N5O4. The van der Waals surface area contributed by atoms with E-state index in [1.54, 1.807) is 6.20 Å². The molecule has 9 nitrogen and oxygen atoms in total. The number of ether oxygens (including phenoxy) is 3. The van der Waals surface area contributed by atoms with Gasteiger partial charge in [0.2, 0.25) is 5.95 Å². The molecule has 0 saturated carbocycles. The highest BCUT2D eigenvalue weighted by Crippen LogP contribution is 2.38. The van der Waals surface area contributed by atoms with Crippen molar-refractivity contribution in [2.45, 2.75) is 25.8 Å². The van der Waals surface area contributed by atoms with Crippen LogP contribution in [0.4, 0.5) is 20.5 Å². The van der Waals surface area contributed by atoms with Gasteiger partial charge in [-0.05, 0) is 31.4 Å². The Morgan fingerprint density at radius 1 is 1.22 bits per heavy atom. The minimum atomic E-state index is -0.897. The number of ketones is 1. The van der Waals surface area contributed by atoms with Gasteiger partial charge in [0, 0.05) is 37.2 Å². The Bertz CT molecular complexity index is 1290. The number of carbonyl (C=O) groups excluding carboxylic acids is 1. The van der Waals surface area contributed by atoms with E-state index in [9.17, 15) is 4.79 Å². The first-order valence-corrected chi connectivity index (χ1v) is 11.9. The van der Waals surface area contributed by atoms with Crippen LogP contribution in [0, 0.1) is 17.6 Å². The van der Waals surface area contributed by atoms with E-state index >= 15 is 8.78 Å². The lowest BCUT2D eigenvalue weighted by Crippen LogP contribution is -2.40. The van der Waals surface area contributed by atoms with E-state index in [0.29, 0.717) is 48.8 Å². The summed E-state index contributed by atoms with van der Waals surface area (Å²) >= 11 is 0. The van der Waals surface area contributed by atoms with E-state index in [1.165, 1.54) is 26.4 Å². The number of benzene rings is 1. The number of carbonyl (C=O) groups is 1. The van der Waals surface area contributed by atoms with Crippen molar-refractivity contribution in [3.8, 4) is 22.8 Å². The predicted octanol–water partition coefficient (Wildman–Crippen LogP) is 4.38. The molecule has 1 aromatic carbocycles. The number of pyridine rings is 1. The molecule has 3 heterocycles. The van der Waals surface area contributed by atoms with Crippen LogP contribution in [-0.4, -0.2) is 60.8 Å². The van der Waals surface area contributed by atoms with Crippen LogP contribution in [0.1, 0.15) is 19.8 Å². The summed E-state index contributed by atoms with van der Waals surface area (Å²) in [5.74, 6) is -1.46. The highest BCUT2D eigenvalue weighted by Gasteiger charge is 2.28. The Balaban J connectivity index is 1.75. The molecule has 11 heteroatoms. The van der Waals surface area contributed by atoms with E-state index in [0.717, 1.165) is 12.5 Å². The van der Waals surface area contributed by atoms with E-state index in [1.807, 2.05) is 6.92 Å². The number of nitrogens with zero attached hydrogens (tertiary/aromatic N) is 3. The van der Waals surface area contributed by atoms with Gasteiger partial charge in [-0.3, -0.25) is 4.79 Å². The maximum Gasteiger partial charge on any atom is 0.223 e. The highest BCUT2D eigenvalue weighted by molar-refractivity contribution is 5.92. The molecule has 2 aromatic heterocycles. The van der Waals surface area contributed by atoms with Gasteiger partial charge in [-0.2, -0.15) is 0 Å². The number of hydrogen-bond acceptors (Lipinski definition) is 9. The molecular weight excluding hydrogens is 484 g/mol. The molecule has 1 saturated heterocycles. The van der Waals surface area contributed by atoms with Gasteiger partial charge in [-0.25, -0.2) is 23.7 Å². The standard InChI is InChI=1S/C26H29F2N5O4/c1-5-16(34)9-14-7-8-37-13-18(14)32-26-30-12-15-10-17(31-25(29-6-2)24(15)33-26)21-22(27)19(35-3)11-20(36-4)23(21)28/h5,10-12,14,18H,1,6-9,13H2,2-4H3,(H,29,31)(H,30,32,33)/t14-,18-/m1/s1. The van der Waals surface area contributed by atoms with Crippen LogP contribution in [0.2, 0.25) is 0 Å². The summed E-state index contributed by atoms with van der Waals surface area (Å²) in [7, 11) is 2.57. The molecule has 0 aliphatic carbocycles. The second kappa shape index (κ2) is 11.5. The molecule has 1 aliphatic heterocycles. The van der Waals surface area contributed by atoms with Gasteiger partial charge in [0.05, 0.1) is 38.1 Å². The molecule has 3 aromatic rings. The van der Waals surface area contributed by atoms with Crippen molar-refractivity contribution in [2.75, 3.05) is 44.6 Å². The van der Waals surface area contributed by atoms with Crippen LogP contribution in [0.5, 0.6) is 11.5 Å². The zero-order chi connectivity index (χ0) is 26.5. The Labute approximate surface area is 213 Å². The molecule has 196 valence electrons. The minimum absolute atomic E-state index is 0.0297. The van der Waals surface area contributed by atoms with Gasteiger partial charge < -0.3 is 24.8 Å². The smallest absolute Gasteiger partial charge is 0.223 e. The van der Waals surface area contributed by atoms with Gasteiger partial charge in [0.15, 0.2) is 34.7 Å². The third-order valence-electron chi connectivity index (χ3n) is 6.24. The average Bonchev–Trinajstić information content (AvgIpc) is 2.90. The van der Waals surface area contributed by atoms with Crippen LogP contribution in [0.25, 0.3) is 22.2 Å². The molecule has 0 bridgehead atoms. The van der Waals surface area contributed by atoms with Crippen LogP contribution in [0.15, 0.2) is 31.0 Å². The summed E-state index contributed by atoms with van der Waals surface area (Å²) in [6, 6.07) is 2.49. The third-order valence-corrected chi connectivity index (χ3v) is 6.24. The van der Waals surface area contributed by atoms with Gasteiger partial charge >= 0.3 is 0 Å². The fourth-order valence-corrected chi connectivity index (χ4v) is 4.33. The van der Waals surface area contributed by atoms with E-state index < -0.39 is 11.6 Å². The number of hydrogen-bond donors (Lipinski definition) is 2. The van der Waals surface area contributed by atoms with Gasteiger partial charge in [-0.15, -0.1) is 0 Å². The average molecular weight is 514 g/mol. The largest absolute Gasteiger partial charge is 0.494 e. The van der Waals surface area contributed by atoms with Crippen molar-refractivity contribution in [2.24, 2.45) is 5.92 Å². The number of allylic oxidation sites excluding steroid dienone is 1. The molecule has 0 amide bonds. The Hall–Kier alpha value is -3.86. The van der Waals surface area contributed by atoms with Crippen molar-refractivity contribution in [1.82, 2.24) is 15.0 Å². The zero-order valence-corrected chi connectivity index (χ0v) is 20.9. The van der Waals surface area contributed by atoms with Crippen LogP contribution in [-0.2, 0) is 9.53 Å². The number of fused-ring (bicyclic) bond motifs is 1. The maximum atomic E-state index is 15.2. The number of methoxy groups -OCH3 is 2. The zero-order valence-electron chi connectivity index (χ0n) is 20.9. The Morgan fingerprint density at radius 3 is 2.59 bits per heavy atom. The normalized spacial score (nSPS) is 17.3. The summed E-state index contributed by atoms with van der Waals surface area (Å²) in [6.45, 7) is 6.90. The second-order valence-electron chi connectivity index (χ2n) is 8.55. The fourth-order valence-electron chi connectivity index (χ4n) is 4.33. The molecule has 0 radical (unpaired) electrons. The van der Waals surface area contributed by atoms with Crippen molar-refractivity contribution in [1.29, 1.82) is 0 Å². The molecule has 0 spiro atoms. The first-order chi connectivity index (χ1) is 17.9. The van der Waals surface area contributed by atoms with Crippen LogP contribution >= 0.6 is 0 Å². The van der Waals surface area contributed by atoms with Gasteiger partial charge in [0.25, 0.3) is 0 Å². The Morgan fingerprint density at radius 2 is 1.95 bits per heavy atom.